The maximum atomic E-state index is 13.5. The Labute approximate surface area is 118 Å². The Balaban J connectivity index is 1.85. The molecule has 0 radical (unpaired) electrons. The van der Waals surface area contributed by atoms with Crippen molar-refractivity contribution < 1.29 is 13.9 Å². The van der Waals surface area contributed by atoms with Gasteiger partial charge in [-0.1, -0.05) is 6.07 Å². The summed E-state index contributed by atoms with van der Waals surface area (Å²) in [4.78, 5) is 13.3. The van der Waals surface area contributed by atoms with E-state index in [0.29, 0.717) is 25.3 Å². The Bertz CT molecular complexity index is 471. The summed E-state index contributed by atoms with van der Waals surface area (Å²) in [6.07, 6.45) is 1.44. The molecule has 1 aliphatic heterocycles. The van der Waals surface area contributed by atoms with Crippen LogP contribution in [0.1, 0.15) is 25.3 Å². The van der Waals surface area contributed by atoms with Gasteiger partial charge in [-0.3, -0.25) is 0 Å². The van der Waals surface area contributed by atoms with Crippen molar-refractivity contribution in [3.63, 3.8) is 0 Å². The molecule has 5 heteroatoms. The molecular weight excluding hydrogens is 259 g/mol. The zero-order valence-corrected chi connectivity index (χ0v) is 12.0. The summed E-state index contributed by atoms with van der Waals surface area (Å²) in [5.41, 5.74) is 1.44. The quantitative estimate of drug-likeness (QED) is 0.924. The number of ether oxygens (including phenoxy) is 1. The second-order valence-electron chi connectivity index (χ2n) is 5.07. The lowest BCUT2D eigenvalue weighted by atomic mass is 10.0. The molecule has 1 aliphatic rings. The number of halogens is 1. The lowest BCUT2D eigenvalue weighted by Gasteiger charge is -2.32. The predicted octanol–water partition coefficient (Wildman–Crippen LogP) is 3.17. The lowest BCUT2D eigenvalue weighted by Crippen LogP contribution is -2.42. The van der Waals surface area contributed by atoms with Crippen LogP contribution in [-0.2, 0) is 4.74 Å². The smallest absolute Gasteiger partial charge is 0.409 e. The first-order valence-corrected chi connectivity index (χ1v) is 7.04. The molecular formula is C15H21FN2O2. The zero-order chi connectivity index (χ0) is 14.5. The van der Waals surface area contributed by atoms with Crippen LogP contribution in [-0.4, -0.2) is 36.7 Å². The van der Waals surface area contributed by atoms with Crippen LogP contribution >= 0.6 is 0 Å². The fraction of sp³-hybridized carbons (Fsp3) is 0.533. The minimum atomic E-state index is -0.243. The number of nitrogens with one attached hydrogen (secondary N) is 1. The van der Waals surface area contributed by atoms with Gasteiger partial charge in [-0.2, -0.15) is 0 Å². The van der Waals surface area contributed by atoms with E-state index in [4.69, 9.17) is 4.74 Å². The van der Waals surface area contributed by atoms with Gasteiger partial charge in [-0.05, 0) is 44.4 Å². The third-order valence-corrected chi connectivity index (χ3v) is 3.56. The van der Waals surface area contributed by atoms with Gasteiger partial charge in [-0.15, -0.1) is 0 Å². The van der Waals surface area contributed by atoms with Crippen molar-refractivity contribution in [3.05, 3.63) is 29.6 Å². The summed E-state index contributed by atoms with van der Waals surface area (Å²) in [6.45, 7) is 5.30. The van der Waals surface area contributed by atoms with Crippen LogP contribution in [0.25, 0.3) is 0 Å². The van der Waals surface area contributed by atoms with Gasteiger partial charge in [0, 0.05) is 24.8 Å². The number of amides is 1. The number of piperidine rings is 1. The minimum absolute atomic E-state index is 0.195. The second kappa shape index (κ2) is 6.59. The van der Waals surface area contributed by atoms with Crippen LogP contribution in [0.15, 0.2) is 18.2 Å². The fourth-order valence-electron chi connectivity index (χ4n) is 2.34. The SMILES string of the molecule is CCOC(=O)N1CCC(Nc2ccc(C)c(F)c2)CC1. The molecule has 0 saturated carbocycles. The van der Waals surface area contributed by atoms with Gasteiger partial charge in [0.15, 0.2) is 0 Å². The van der Waals surface area contributed by atoms with Crippen molar-refractivity contribution in [2.45, 2.75) is 32.7 Å². The summed E-state index contributed by atoms with van der Waals surface area (Å²) < 4.78 is 18.5. The Kier molecular flexibility index (Phi) is 4.82. The average Bonchev–Trinajstić information content (AvgIpc) is 2.44. The van der Waals surface area contributed by atoms with E-state index in [2.05, 4.69) is 5.32 Å². The number of hydrogen-bond acceptors (Lipinski definition) is 3. The molecule has 1 fully saturated rings. The van der Waals surface area contributed by atoms with Gasteiger partial charge in [0.05, 0.1) is 6.61 Å². The van der Waals surface area contributed by atoms with Crippen molar-refractivity contribution in [3.8, 4) is 0 Å². The molecule has 0 spiro atoms. The molecule has 1 N–H and O–H groups in total. The van der Waals surface area contributed by atoms with Crippen LogP contribution < -0.4 is 5.32 Å². The fourth-order valence-corrected chi connectivity index (χ4v) is 2.34. The highest BCUT2D eigenvalue weighted by Gasteiger charge is 2.23. The topological polar surface area (TPSA) is 41.6 Å². The molecule has 0 atom stereocenters. The molecule has 1 amide bonds. The van der Waals surface area contributed by atoms with E-state index in [1.165, 1.54) is 6.07 Å². The molecule has 1 heterocycles. The minimum Gasteiger partial charge on any atom is -0.450 e. The summed E-state index contributed by atoms with van der Waals surface area (Å²) in [7, 11) is 0. The Morgan fingerprint density at radius 2 is 2.15 bits per heavy atom. The number of aryl methyl sites for hydroxylation is 1. The third-order valence-electron chi connectivity index (χ3n) is 3.56. The van der Waals surface area contributed by atoms with Crippen molar-refractivity contribution in [1.29, 1.82) is 0 Å². The molecule has 0 unspecified atom stereocenters. The van der Waals surface area contributed by atoms with Gasteiger partial charge >= 0.3 is 6.09 Å². The molecule has 0 aromatic heterocycles. The van der Waals surface area contributed by atoms with E-state index >= 15 is 0 Å². The Morgan fingerprint density at radius 3 is 2.75 bits per heavy atom. The third kappa shape index (κ3) is 3.62. The largest absolute Gasteiger partial charge is 0.450 e. The number of nitrogens with zero attached hydrogens (tertiary/aromatic N) is 1. The average molecular weight is 280 g/mol. The van der Waals surface area contributed by atoms with Gasteiger partial charge in [-0.25, -0.2) is 9.18 Å². The summed E-state index contributed by atoms with van der Waals surface area (Å²) in [5, 5.41) is 3.32. The molecule has 20 heavy (non-hydrogen) atoms. The highest BCUT2D eigenvalue weighted by molar-refractivity contribution is 5.67. The molecule has 1 saturated heterocycles. The Morgan fingerprint density at radius 1 is 1.45 bits per heavy atom. The van der Waals surface area contributed by atoms with Crippen molar-refractivity contribution in [2.24, 2.45) is 0 Å². The maximum absolute atomic E-state index is 13.5. The van der Waals surface area contributed by atoms with Crippen LogP contribution in [0.2, 0.25) is 0 Å². The molecule has 4 nitrogen and oxygen atoms in total. The van der Waals surface area contributed by atoms with Gasteiger partial charge in [0.25, 0.3) is 0 Å². The monoisotopic (exact) mass is 280 g/mol. The summed E-state index contributed by atoms with van der Waals surface area (Å²) >= 11 is 0. The molecule has 1 aromatic rings. The highest BCUT2D eigenvalue weighted by atomic mass is 19.1. The molecule has 0 bridgehead atoms. The van der Waals surface area contributed by atoms with Crippen molar-refractivity contribution in [2.75, 3.05) is 25.0 Å². The zero-order valence-electron chi connectivity index (χ0n) is 12.0. The van der Waals surface area contributed by atoms with E-state index in [-0.39, 0.29) is 18.0 Å². The number of carbonyl (C=O) groups is 1. The Hall–Kier alpha value is -1.78. The summed E-state index contributed by atoms with van der Waals surface area (Å²) in [6, 6.07) is 5.44. The van der Waals surface area contributed by atoms with Gasteiger partial charge in [0.2, 0.25) is 0 Å². The molecule has 1 aromatic carbocycles. The van der Waals surface area contributed by atoms with Gasteiger partial charge < -0.3 is 15.0 Å². The standard InChI is InChI=1S/C15H21FN2O2/c1-3-20-15(19)18-8-6-12(7-9-18)17-13-5-4-11(2)14(16)10-13/h4-5,10,12,17H,3,6-9H2,1-2H3. The molecule has 110 valence electrons. The number of benzene rings is 1. The lowest BCUT2D eigenvalue weighted by molar-refractivity contribution is 0.0983. The number of rotatable bonds is 3. The highest BCUT2D eigenvalue weighted by Crippen LogP contribution is 2.19. The van der Waals surface area contributed by atoms with Crippen LogP contribution in [0.4, 0.5) is 14.9 Å². The van der Waals surface area contributed by atoms with Crippen molar-refractivity contribution >= 4 is 11.8 Å². The van der Waals surface area contributed by atoms with E-state index in [1.54, 1.807) is 24.8 Å². The summed E-state index contributed by atoms with van der Waals surface area (Å²) in [5.74, 6) is -0.195. The van der Waals surface area contributed by atoms with E-state index in [0.717, 1.165) is 18.5 Å². The first-order chi connectivity index (χ1) is 9.60. The van der Waals surface area contributed by atoms with Crippen LogP contribution in [0.5, 0.6) is 0 Å². The molecule has 2 rings (SSSR count). The maximum Gasteiger partial charge on any atom is 0.409 e. The van der Waals surface area contributed by atoms with E-state index in [9.17, 15) is 9.18 Å². The van der Waals surface area contributed by atoms with Gasteiger partial charge in [0.1, 0.15) is 5.82 Å². The first kappa shape index (κ1) is 14.6. The van der Waals surface area contributed by atoms with E-state index in [1.807, 2.05) is 6.07 Å². The number of carbonyl (C=O) groups excluding carboxylic acids is 1. The molecule has 0 aliphatic carbocycles. The number of hydrogen-bond donors (Lipinski definition) is 1. The number of anilines is 1. The number of likely N-dealkylation sites (tertiary alicyclic amines) is 1. The van der Waals surface area contributed by atoms with Crippen LogP contribution in [0.3, 0.4) is 0 Å². The van der Waals surface area contributed by atoms with Crippen LogP contribution in [0, 0.1) is 12.7 Å². The van der Waals surface area contributed by atoms with Crippen molar-refractivity contribution in [1.82, 2.24) is 4.90 Å². The first-order valence-electron chi connectivity index (χ1n) is 7.04. The predicted molar refractivity (Wildman–Crippen MR) is 76.4 cm³/mol. The van der Waals surface area contributed by atoms with E-state index < -0.39 is 0 Å². The second-order valence-corrected chi connectivity index (χ2v) is 5.07. The normalized spacial score (nSPS) is 16.1.